The van der Waals surface area contributed by atoms with Crippen LogP contribution in [0.5, 0.6) is 0 Å². The molecule has 1 atom stereocenters. The van der Waals surface area contributed by atoms with Crippen molar-refractivity contribution in [1.82, 2.24) is 4.90 Å². The lowest BCUT2D eigenvalue weighted by Crippen LogP contribution is -2.32. The van der Waals surface area contributed by atoms with Gasteiger partial charge in [0.25, 0.3) is 0 Å². The van der Waals surface area contributed by atoms with E-state index in [1.807, 2.05) is 30.0 Å². The summed E-state index contributed by atoms with van der Waals surface area (Å²) in [5, 5.41) is 12.3. The smallest absolute Gasteiger partial charge is 0.238 e. The molecular weight excluding hydrogens is 296 g/mol. The van der Waals surface area contributed by atoms with Gasteiger partial charge in [0.1, 0.15) is 0 Å². The van der Waals surface area contributed by atoms with Crippen LogP contribution in [0.15, 0.2) is 22.7 Å². The molecule has 1 aromatic carbocycles. The number of nitrogens with one attached hydrogen (secondary N) is 1. The number of rotatable bonds is 3. The predicted octanol–water partition coefficient (Wildman–Crippen LogP) is 1.76. The Labute approximate surface area is 115 Å². The topological polar surface area (TPSA) is 52.6 Å². The van der Waals surface area contributed by atoms with Crippen molar-refractivity contribution in [3.8, 4) is 0 Å². The molecule has 1 aromatic rings. The van der Waals surface area contributed by atoms with Gasteiger partial charge in [-0.1, -0.05) is 15.9 Å². The monoisotopic (exact) mass is 312 g/mol. The van der Waals surface area contributed by atoms with Gasteiger partial charge in [-0.2, -0.15) is 0 Å². The Morgan fingerprint density at radius 1 is 1.61 bits per heavy atom. The van der Waals surface area contributed by atoms with E-state index in [4.69, 9.17) is 0 Å². The lowest BCUT2D eigenvalue weighted by Gasteiger charge is -2.14. The molecule has 1 aliphatic heterocycles. The van der Waals surface area contributed by atoms with E-state index in [0.29, 0.717) is 13.1 Å². The van der Waals surface area contributed by atoms with Gasteiger partial charge < -0.3 is 10.4 Å². The Kier molecular flexibility index (Phi) is 4.37. The third-order valence-electron chi connectivity index (χ3n) is 3.06. The summed E-state index contributed by atoms with van der Waals surface area (Å²) in [7, 11) is 0. The summed E-state index contributed by atoms with van der Waals surface area (Å²) in [6.07, 6.45) is 0.470. The number of aliphatic hydroxyl groups is 1. The number of nitrogens with zero attached hydrogens (tertiary/aromatic N) is 1. The number of hydrogen-bond donors (Lipinski definition) is 2. The Bertz CT molecular complexity index is 451. The maximum atomic E-state index is 11.8. The molecule has 0 radical (unpaired) electrons. The molecule has 0 saturated carbocycles. The van der Waals surface area contributed by atoms with Crippen molar-refractivity contribution in [2.45, 2.75) is 19.4 Å². The zero-order valence-electron chi connectivity index (χ0n) is 10.3. The van der Waals surface area contributed by atoms with E-state index in [2.05, 4.69) is 21.2 Å². The fraction of sp³-hybridized carbons (Fsp3) is 0.462. The van der Waals surface area contributed by atoms with Crippen LogP contribution in [-0.2, 0) is 4.79 Å². The summed E-state index contributed by atoms with van der Waals surface area (Å²) in [4.78, 5) is 13.8. The molecule has 98 valence electrons. The molecule has 1 saturated heterocycles. The number of carbonyl (C=O) groups excluding carboxylic acids is 1. The Morgan fingerprint density at radius 3 is 3.00 bits per heavy atom. The first-order valence-corrected chi connectivity index (χ1v) is 6.80. The van der Waals surface area contributed by atoms with Gasteiger partial charge in [-0.3, -0.25) is 9.69 Å². The summed E-state index contributed by atoms with van der Waals surface area (Å²) in [5.41, 5.74) is 1.89. The molecule has 0 aliphatic carbocycles. The van der Waals surface area contributed by atoms with Crippen molar-refractivity contribution in [3.63, 3.8) is 0 Å². The number of aryl methyl sites for hydroxylation is 1. The van der Waals surface area contributed by atoms with Gasteiger partial charge >= 0.3 is 0 Å². The average Bonchev–Trinajstić information content (AvgIpc) is 2.69. The van der Waals surface area contributed by atoms with Crippen LogP contribution in [0, 0.1) is 6.92 Å². The second-order valence-corrected chi connectivity index (χ2v) is 5.54. The summed E-state index contributed by atoms with van der Waals surface area (Å²) in [6.45, 7) is 3.70. The molecule has 18 heavy (non-hydrogen) atoms. The predicted molar refractivity (Wildman–Crippen MR) is 74.6 cm³/mol. The normalized spacial score (nSPS) is 20.1. The number of benzene rings is 1. The average molecular weight is 313 g/mol. The zero-order valence-corrected chi connectivity index (χ0v) is 11.9. The van der Waals surface area contributed by atoms with Crippen LogP contribution in [0.4, 0.5) is 5.69 Å². The number of anilines is 1. The van der Waals surface area contributed by atoms with Gasteiger partial charge in [0.2, 0.25) is 5.91 Å². The van der Waals surface area contributed by atoms with Crippen molar-refractivity contribution in [2.75, 3.05) is 25.0 Å². The highest BCUT2D eigenvalue weighted by Gasteiger charge is 2.21. The van der Waals surface area contributed by atoms with Crippen molar-refractivity contribution < 1.29 is 9.90 Å². The molecule has 1 amide bonds. The molecule has 0 spiro atoms. The fourth-order valence-corrected chi connectivity index (χ4v) is 2.33. The summed E-state index contributed by atoms with van der Waals surface area (Å²) in [5.74, 6) is -0.0363. The lowest BCUT2D eigenvalue weighted by atomic mass is 10.2. The van der Waals surface area contributed by atoms with Crippen molar-refractivity contribution in [2.24, 2.45) is 0 Å². The third kappa shape index (κ3) is 3.54. The number of amides is 1. The second kappa shape index (κ2) is 5.82. The Hall–Kier alpha value is -0.910. The first kappa shape index (κ1) is 13.5. The van der Waals surface area contributed by atoms with Crippen molar-refractivity contribution >= 4 is 27.5 Å². The molecule has 1 fully saturated rings. The summed E-state index contributed by atoms with van der Waals surface area (Å²) in [6, 6.07) is 5.72. The Morgan fingerprint density at radius 2 is 2.39 bits per heavy atom. The van der Waals surface area contributed by atoms with Gasteiger partial charge in [0.15, 0.2) is 0 Å². The molecule has 5 heteroatoms. The summed E-state index contributed by atoms with van der Waals surface area (Å²) < 4.78 is 1.03. The lowest BCUT2D eigenvalue weighted by molar-refractivity contribution is -0.117. The van der Waals surface area contributed by atoms with E-state index in [0.717, 1.165) is 28.7 Å². The van der Waals surface area contributed by atoms with Crippen LogP contribution in [0.1, 0.15) is 12.0 Å². The molecule has 0 bridgehead atoms. The van der Waals surface area contributed by atoms with Crippen molar-refractivity contribution in [3.05, 3.63) is 28.2 Å². The van der Waals surface area contributed by atoms with Crippen LogP contribution < -0.4 is 5.32 Å². The molecule has 1 heterocycles. The molecule has 4 nitrogen and oxygen atoms in total. The minimum Gasteiger partial charge on any atom is -0.392 e. The van der Waals surface area contributed by atoms with E-state index < -0.39 is 0 Å². The van der Waals surface area contributed by atoms with Crippen LogP contribution in [0.2, 0.25) is 0 Å². The largest absolute Gasteiger partial charge is 0.392 e. The van der Waals surface area contributed by atoms with Gasteiger partial charge in [-0.15, -0.1) is 0 Å². The van der Waals surface area contributed by atoms with Crippen molar-refractivity contribution in [1.29, 1.82) is 0 Å². The SMILES string of the molecule is Cc1cc(NC(=O)CN2CCC(O)C2)ccc1Br. The molecule has 2 rings (SSSR count). The molecule has 0 aromatic heterocycles. The van der Waals surface area contributed by atoms with E-state index >= 15 is 0 Å². The number of likely N-dealkylation sites (tertiary alicyclic amines) is 1. The van der Waals surface area contributed by atoms with Crippen LogP contribution >= 0.6 is 15.9 Å². The van der Waals surface area contributed by atoms with Gasteiger partial charge in [-0.05, 0) is 37.1 Å². The highest BCUT2D eigenvalue weighted by Crippen LogP contribution is 2.20. The van der Waals surface area contributed by atoms with E-state index in [9.17, 15) is 9.90 Å². The first-order chi connectivity index (χ1) is 8.54. The van der Waals surface area contributed by atoms with Gasteiger partial charge in [0.05, 0.1) is 12.6 Å². The molecule has 1 unspecified atom stereocenters. The van der Waals surface area contributed by atoms with E-state index in [-0.39, 0.29) is 12.0 Å². The fourth-order valence-electron chi connectivity index (χ4n) is 2.08. The highest BCUT2D eigenvalue weighted by molar-refractivity contribution is 9.10. The number of halogens is 1. The van der Waals surface area contributed by atoms with Gasteiger partial charge in [-0.25, -0.2) is 0 Å². The number of carbonyl (C=O) groups is 1. The van der Waals surface area contributed by atoms with E-state index in [1.54, 1.807) is 0 Å². The standard InChI is InChI=1S/C13H17BrN2O2/c1-9-6-10(2-3-12(9)14)15-13(18)8-16-5-4-11(17)7-16/h2-3,6,11,17H,4-5,7-8H2,1H3,(H,15,18). The third-order valence-corrected chi connectivity index (χ3v) is 3.95. The maximum Gasteiger partial charge on any atom is 0.238 e. The first-order valence-electron chi connectivity index (χ1n) is 6.01. The zero-order chi connectivity index (χ0) is 13.1. The molecule has 1 aliphatic rings. The highest BCUT2D eigenvalue weighted by atomic mass is 79.9. The Balaban J connectivity index is 1.89. The van der Waals surface area contributed by atoms with Crippen LogP contribution in [-0.4, -0.2) is 41.7 Å². The second-order valence-electron chi connectivity index (χ2n) is 4.69. The van der Waals surface area contributed by atoms with Gasteiger partial charge in [0, 0.05) is 23.2 Å². The van der Waals surface area contributed by atoms with E-state index in [1.165, 1.54) is 0 Å². The number of hydrogen-bond acceptors (Lipinski definition) is 3. The van der Waals surface area contributed by atoms with Crippen LogP contribution in [0.3, 0.4) is 0 Å². The minimum atomic E-state index is -0.285. The molecule has 2 N–H and O–H groups in total. The minimum absolute atomic E-state index is 0.0363. The maximum absolute atomic E-state index is 11.8. The number of aliphatic hydroxyl groups excluding tert-OH is 1. The van der Waals surface area contributed by atoms with Crippen LogP contribution in [0.25, 0.3) is 0 Å². The molecular formula is C13H17BrN2O2. The number of β-amino-alcohol motifs (C(OH)–C–C–N with tert-alkyl or cyclic N) is 1. The quantitative estimate of drug-likeness (QED) is 0.894. The summed E-state index contributed by atoms with van der Waals surface area (Å²) >= 11 is 3.42.